The quantitative estimate of drug-likeness (QED) is 0.241. The largest absolute Gasteiger partial charge is 0.385 e. The summed E-state index contributed by atoms with van der Waals surface area (Å²) in [5, 5.41) is 14.1. The van der Waals surface area contributed by atoms with Gasteiger partial charge in [-0.2, -0.15) is 0 Å². The third-order valence-corrected chi connectivity index (χ3v) is 8.15. The first-order valence-electron chi connectivity index (χ1n) is 14.0. The second-order valence-electron chi connectivity index (χ2n) is 10.5. The molecule has 3 N–H and O–H groups in total. The fourth-order valence-corrected chi connectivity index (χ4v) is 5.87. The molecule has 41 heavy (non-hydrogen) atoms. The number of para-hydroxylation sites is 1. The van der Waals surface area contributed by atoms with Gasteiger partial charge in [-0.3, -0.25) is 9.78 Å². The smallest absolute Gasteiger partial charge is 0.254 e. The molecule has 0 aliphatic carbocycles. The topological polar surface area (TPSA) is 97.9 Å². The molecule has 2 atom stereocenters. The molecule has 1 saturated heterocycles. The van der Waals surface area contributed by atoms with Crippen LogP contribution in [0.5, 0.6) is 0 Å². The van der Waals surface area contributed by atoms with E-state index in [1.54, 1.807) is 30.3 Å². The molecule has 0 bridgehead atoms. The summed E-state index contributed by atoms with van der Waals surface area (Å²) in [5.74, 6) is -0.103. The lowest BCUT2D eigenvalue weighted by Gasteiger charge is -2.43. The number of methoxy groups -OCH3 is 1. The number of halogens is 1. The molecule has 214 valence electrons. The van der Waals surface area contributed by atoms with Crippen LogP contribution in [-0.2, 0) is 21.6 Å². The molecule has 1 aliphatic rings. The molecule has 1 fully saturated rings. The number of carbonyl (C=O) groups is 1. The second-order valence-corrected chi connectivity index (χ2v) is 10.9. The third kappa shape index (κ3) is 6.30. The van der Waals surface area contributed by atoms with Crippen LogP contribution in [0.3, 0.4) is 0 Å². The van der Waals surface area contributed by atoms with Crippen molar-refractivity contribution >= 4 is 28.4 Å². The van der Waals surface area contributed by atoms with Gasteiger partial charge >= 0.3 is 0 Å². The number of carbonyl (C=O) groups excluding carboxylic acids is 1. The molecule has 5 rings (SSSR count). The standard InChI is InChI=1S/C33H36ClN3O4/c1-40-17-5-4-15-33(39,30-22-37(16-18-41-30)32(38)24-13-11-23(20-35)12-14-24)27-8-6-9-28(34)31(27)26-19-25-7-2-3-10-29(25)36-21-26/h2-3,6-14,19,21,30,39H,4-5,15-18,20,22,35H2,1H3/t30?,33-/m0/s1. The highest BCUT2D eigenvalue weighted by molar-refractivity contribution is 6.33. The molecule has 3 aromatic carbocycles. The van der Waals surface area contributed by atoms with Crippen molar-refractivity contribution < 1.29 is 19.4 Å². The van der Waals surface area contributed by atoms with E-state index in [0.717, 1.165) is 28.5 Å². The van der Waals surface area contributed by atoms with Crippen molar-refractivity contribution in [3.05, 3.63) is 101 Å². The number of aliphatic hydroxyl groups is 1. The Morgan fingerprint density at radius 2 is 1.95 bits per heavy atom. The molecule has 7 nitrogen and oxygen atoms in total. The lowest BCUT2D eigenvalue weighted by atomic mass is 9.79. The van der Waals surface area contributed by atoms with Crippen molar-refractivity contribution in [2.24, 2.45) is 5.73 Å². The fourth-order valence-electron chi connectivity index (χ4n) is 5.58. The maximum atomic E-state index is 13.5. The van der Waals surface area contributed by atoms with Gasteiger partial charge in [0.05, 0.1) is 18.7 Å². The van der Waals surface area contributed by atoms with Crippen LogP contribution in [0.1, 0.15) is 40.7 Å². The fraction of sp³-hybridized carbons (Fsp3) is 0.333. The number of hydrogen-bond acceptors (Lipinski definition) is 6. The summed E-state index contributed by atoms with van der Waals surface area (Å²) in [4.78, 5) is 19.9. The van der Waals surface area contributed by atoms with Gasteiger partial charge in [0.2, 0.25) is 0 Å². The Bertz CT molecular complexity index is 1500. The number of nitrogens with zero attached hydrogens (tertiary/aromatic N) is 2. The molecule has 1 aliphatic heterocycles. The van der Waals surface area contributed by atoms with E-state index < -0.39 is 11.7 Å². The van der Waals surface area contributed by atoms with Gasteiger partial charge < -0.3 is 25.2 Å². The summed E-state index contributed by atoms with van der Waals surface area (Å²) in [6.45, 7) is 1.98. The van der Waals surface area contributed by atoms with Gasteiger partial charge in [-0.1, -0.05) is 54.1 Å². The Labute approximate surface area is 245 Å². The molecule has 0 spiro atoms. The predicted molar refractivity (Wildman–Crippen MR) is 162 cm³/mol. The molecule has 0 saturated carbocycles. The van der Waals surface area contributed by atoms with Crippen LogP contribution in [0.4, 0.5) is 0 Å². The first-order valence-corrected chi connectivity index (χ1v) is 14.4. The number of aromatic nitrogens is 1. The number of hydrogen-bond donors (Lipinski definition) is 2. The van der Waals surface area contributed by atoms with E-state index in [1.807, 2.05) is 60.7 Å². The van der Waals surface area contributed by atoms with E-state index in [2.05, 4.69) is 4.98 Å². The summed E-state index contributed by atoms with van der Waals surface area (Å²) in [7, 11) is 1.67. The Kier molecular flexibility index (Phi) is 9.32. The average Bonchev–Trinajstić information content (AvgIpc) is 3.02. The minimum absolute atomic E-state index is 0.103. The first kappa shape index (κ1) is 29.2. The van der Waals surface area contributed by atoms with Crippen LogP contribution in [0.25, 0.3) is 22.0 Å². The maximum Gasteiger partial charge on any atom is 0.254 e. The van der Waals surface area contributed by atoms with E-state index in [0.29, 0.717) is 60.9 Å². The Morgan fingerprint density at radius 1 is 1.15 bits per heavy atom. The van der Waals surface area contributed by atoms with Crippen LogP contribution in [0, 0.1) is 0 Å². The van der Waals surface area contributed by atoms with E-state index in [4.69, 9.17) is 26.8 Å². The third-order valence-electron chi connectivity index (χ3n) is 7.84. The summed E-state index contributed by atoms with van der Waals surface area (Å²) in [6.07, 6.45) is 3.00. The summed E-state index contributed by atoms with van der Waals surface area (Å²) in [5.41, 5.74) is 8.90. The zero-order chi connectivity index (χ0) is 28.8. The molecular weight excluding hydrogens is 538 g/mol. The van der Waals surface area contributed by atoms with E-state index in [9.17, 15) is 9.90 Å². The first-order chi connectivity index (χ1) is 19.9. The molecule has 8 heteroatoms. The lowest BCUT2D eigenvalue weighted by Crippen LogP contribution is -2.54. The van der Waals surface area contributed by atoms with Crippen molar-refractivity contribution in [1.82, 2.24) is 9.88 Å². The molecule has 4 aromatic rings. The van der Waals surface area contributed by atoms with Gasteiger partial charge in [-0.15, -0.1) is 0 Å². The van der Waals surface area contributed by atoms with E-state index >= 15 is 0 Å². The van der Waals surface area contributed by atoms with Crippen LogP contribution in [-0.4, -0.2) is 60.4 Å². The molecule has 1 unspecified atom stereocenters. The Hall–Kier alpha value is -3.33. The van der Waals surface area contributed by atoms with Crippen molar-refractivity contribution in [1.29, 1.82) is 0 Å². The highest BCUT2D eigenvalue weighted by Gasteiger charge is 2.44. The Morgan fingerprint density at radius 3 is 2.73 bits per heavy atom. The zero-order valence-electron chi connectivity index (χ0n) is 23.3. The van der Waals surface area contributed by atoms with Gasteiger partial charge in [0.1, 0.15) is 11.7 Å². The highest BCUT2D eigenvalue weighted by Crippen LogP contribution is 2.43. The van der Waals surface area contributed by atoms with Crippen LogP contribution in [0.15, 0.2) is 79.0 Å². The molecule has 1 amide bonds. The van der Waals surface area contributed by atoms with Crippen LogP contribution in [0.2, 0.25) is 5.02 Å². The van der Waals surface area contributed by atoms with E-state index in [-0.39, 0.29) is 12.5 Å². The van der Waals surface area contributed by atoms with Gasteiger partial charge in [-0.25, -0.2) is 0 Å². The van der Waals surface area contributed by atoms with Crippen molar-refractivity contribution in [2.75, 3.05) is 33.4 Å². The van der Waals surface area contributed by atoms with Crippen molar-refractivity contribution in [3.63, 3.8) is 0 Å². The number of morpholine rings is 1. The predicted octanol–water partition coefficient (Wildman–Crippen LogP) is 5.56. The minimum atomic E-state index is -1.43. The Balaban J connectivity index is 1.52. The normalized spacial score (nSPS) is 17.0. The number of amides is 1. The van der Waals surface area contributed by atoms with Gasteiger partial charge in [0.15, 0.2) is 0 Å². The average molecular weight is 574 g/mol. The van der Waals surface area contributed by atoms with Gasteiger partial charge in [-0.05, 0) is 60.7 Å². The van der Waals surface area contributed by atoms with E-state index in [1.165, 1.54) is 0 Å². The summed E-state index contributed by atoms with van der Waals surface area (Å²) < 4.78 is 11.5. The summed E-state index contributed by atoms with van der Waals surface area (Å²) in [6, 6.07) is 22.8. The number of unbranched alkanes of at least 4 members (excludes halogenated alkanes) is 1. The molecule has 0 radical (unpaired) electrons. The number of rotatable bonds is 10. The van der Waals surface area contributed by atoms with Crippen molar-refractivity contribution in [2.45, 2.75) is 37.5 Å². The number of benzene rings is 3. The van der Waals surface area contributed by atoms with Crippen LogP contribution < -0.4 is 5.73 Å². The maximum absolute atomic E-state index is 13.5. The monoisotopic (exact) mass is 573 g/mol. The molecular formula is C33H36ClN3O4. The minimum Gasteiger partial charge on any atom is -0.385 e. The molecule has 2 heterocycles. The zero-order valence-corrected chi connectivity index (χ0v) is 24.0. The SMILES string of the molecule is COCCCC[C@](O)(c1cccc(Cl)c1-c1cnc2ccccc2c1)C1CN(C(=O)c2ccc(CN)cc2)CCO1. The lowest BCUT2D eigenvalue weighted by molar-refractivity contribution is -0.146. The number of ether oxygens (including phenoxy) is 2. The molecule has 1 aromatic heterocycles. The number of pyridine rings is 1. The second kappa shape index (κ2) is 13.1. The van der Waals surface area contributed by atoms with Gasteiger partial charge in [0, 0.05) is 60.1 Å². The highest BCUT2D eigenvalue weighted by atomic mass is 35.5. The number of nitrogens with two attached hydrogens (primary N) is 1. The van der Waals surface area contributed by atoms with Crippen LogP contribution >= 0.6 is 11.6 Å². The van der Waals surface area contributed by atoms with Crippen molar-refractivity contribution in [3.8, 4) is 11.1 Å². The summed E-state index contributed by atoms with van der Waals surface area (Å²) >= 11 is 6.85. The van der Waals surface area contributed by atoms with Gasteiger partial charge in [0.25, 0.3) is 5.91 Å². The number of fused-ring (bicyclic) bond motifs is 1.